The van der Waals surface area contributed by atoms with Crippen molar-refractivity contribution >= 4 is 17.3 Å². The molecular formula is C24H40N4O3. The first kappa shape index (κ1) is 24.0. The van der Waals surface area contributed by atoms with Crippen molar-refractivity contribution in [2.75, 3.05) is 76.4 Å². The van der Waals surface area contributed by atoms with E-state index in [0.29, 0.717) is 0 Å². The van der Waals surface area contributed by atoms with E-state index in [1.54, 1.807) is 7.11 Å². The number of methoxy groups -OCH3 is 1. The second-order valence-corrected chi connectivity index (χ2v) is 8.50. The lowest BCUT2D eigenvalue weighted by atomic mass is 10.1. The third-order valence-electron chi connectivity index (χ3n) is 6.07. The van der Waals surface area contributed by atoms with E-state index in [1.807, 2.05) is 4.90 Å². The van der Waals surface area contributed by atoms with Crippen LogP contribution in [0.15, 0.2) is 18.2 Å². The molecule has 2 aliphatic rings. The van der Waals surface area contributed by atoms with Crippen LogP contribution < -0.4 is 15.5 Å². The van der Waals surface area contributed by atoms with Crippen LogP contribution in [0, 0.1) is 0 Å². The first-order valence-electron chi connectivity index (χ1n) is 11.9. The molecule has 0 unspecified atom stereocenters. The van der Waals surface area contributed by atoms with Crippen molar-refractivity contribution < 1.29 is 14.3 Å². The van der Waals surface area contributed by atoms with Gasteiger partial charge in [-0.1, -0.05) is 19.3 Å². The van der Waals surface area contributed by atoms with Crippen LogP contribution >= 0.6 is 0 Å². The zero-order chi connectivity index (χ0) is 21.7. The number of ether oxygens (including phenoxy) is 2. The lowest BCUT2D eigenvalue weighted by Crippen LogP contribution is -2.37. The molecule has 31 heavy (non-hydrogen) atoms. The second-order valence-electron chi connectivity index (χ2n) is 8.50. The number of anilines is 2. The Morgan fingerprint density at radius 2 is 1.94 bits per heavy atom. The van der Waals surface area contributed by atoms with Gasteiger partial charge in [-0.2, -0.15) is 0 Å². The third-order valence-corrected chi connectivity index (χ3v) is 6.07. The van der Waals surface area contributed by atoms with Gasteiger partial charge in [0.1, 0.15) is 6.61 Å². The molecule has 0 bridgehead atoms. The predicted molar refractivity (Wildman–Crippen MR) is 126 cm³/mol. The van der Waals surface area contributed by atoms with Crippen molar-refractivity contribution in [1.82, 2.24) is 10.2 Å². The molecule has 7 heteroatoms. The van der Waals surface area contributed by atoms with Crippen LogP contribution in [0.5, 0.6) is 0 Å². The van der Waals surface area contributed by atoms with Crippen LogP contribution in [0.2, 0.25) is 0 Å². The Labute approximate surface area is 187 Å². The molecule has 1 saturated heterocycles. The van der Waals surface area contributed by atoms with Gasteiger partial charge < -0.3 is 25.0 Å². The number of hydrogen-bond acceptors (Lipinski definition) is 6. The van der Waals surface area contributed by atoms with Crippen molar-refractivity contribution in [1.29, 1.82) is 0 Å². The summed E-state index contributed by atoms with van der Waals surface area (Å²) in [6.45, 7) is 8.48. The van der Waals surface area contributed by atoms with Crippen molar-refractivity contribution in [3.05, 3.63) is 23.8 Å². The van der Waals surface area contributed by atoms with E-state index in [-0.39, 0.29) is 12.5 Å². The van der Waals surface area contributed by atoms with E-state index in [0.717, 1.165) is 89.7 Å². The molecule has 0 saturated carbocycles. The SMILES string of the molecule is COCC(=O)N1CCCCCCCNCc2cc(NCCCN3CCOCC3)ccc21. The molecule has 0 aliphatic carbocycles. The fourth-order valence-corrected chi connectivity index (χ4v) is 4.31. The van der Waals surface area contributed by atoms with Crippen LogP contribution in [0.4, 0.5) is 11.4 Å². The molecule has 0 spiro atoms. The Bertz CT molecular complexity index is 664. The molecule has 1 aromatic rings. The number of benzene rings is 1. The standard InChI is InChI=1S/C24H40N4O3/c1-30-20-24(29)28-13-6-4-2-3-5-10-25-19-21-18-22(8-9-23(21)28)26-11-7-12-27-14-16-31-17-15-27/h8-9,18,25-26H,2-7,10-17,19-20H2,1H3. The summed E-state index contributed by atoms with van der Waals surface area (Å²) in [6.07, 6.45) is 6.98. The minimum atomic E-state index is 0.0343. The summed E-state index contributed by atoms with van der Waals surface area (Å²) in [4.78, 5) is 17.2. The van der Waals surface area contributed by atoms with E-state index < -0.39 is 0 Å². The molecule has 7 nitrogen and oxygen atoms in total. The number of carbonyl (C=O) groups is 1. The minimum absolute atomic E-state index is 0.0343. The fourth-order valence-electron chi connectivity index (χ4n) is 4.31. The first-order chi connectivity index (χ1) is 15.3. The minimum Gasteiger partial charge on any atom is -0.385 e. The molecule has 2 N–H and O–H groups in total. The van der Waals surface area contributed by atoms with Gasteiger partial charge in [0, 0.05) is 51.2 Å². The monoisotopic (exact) mass is 432 g/mol. The predicted octanol–water partition coefficient (Wildman–Crippen LogP) is 2.85. The number of rotatable bonds is 7. The Morgan fingerprint density at radius 3 is 2.77 bits per heavy atom. The fraction of sp³-hybridized carbons (Fsp3) is 0.708. The summed E-state index contributed by atoms with van der Waals surface area (Å²) >= 11 is 0. The highest BCUT2D eigenvalue weighted by Crippen LogP contribution is 2.26. The van der Waals surface area contributed by atoms with Gasteiger partial charge in [-0.3, -0.25) is 9.69 Å². The lowest BCUT2D eigenvalue weighted by molar-refractivity contribution is -0.122. The Balaban J connectivity index is 1.64. The molecule has 1 aromatic carbocycles. The van der Waals surface area contributed by atoms with Crippen molar-refractivity contribution in [3.8, 4) is 0 Å². The molecule has 0 radical (unpaired) electrons. The Kier molecular flexibility index (Phi) is 10.6. The van der Waals surface area contributed by atoms with Gasteiger partial charge in [0.05, 0.1) is 13.2 Å². The maximum absolute atomic E-state index is 12.8. The van der Waals surface area contributed by atoms with Gasteiger partial charge in [0.2, 0.25) is 0 Å². The highest BCUT2D eigenvalue weighted by atomic mass is 16.5. The number of nitrogens with zero attached hydrogens (tertiary/aromatic N) is 2. The maximum atomic E-state index is 12.8. The van der Waals surface area contributed by atoms with Crippen LogP contribution in [0.3, 0.4) is 0 Å². The van der Waals surface area contributed by atoms with E-state index in [9.17, 15) is 4.79 Å². The number of amides is 1. The molecular weight excluding hydrogens is 392 g/mol. The third kappa shape index (κ3) is 8.07. The van der Waals surface area contributed by atoms with Gasteiger partial charge in [0.25, 0.3) is 5.91 Å². The Hall–Kier alpha value is -1.67. The Morgan fingerprint density at radius 1 is 1.13 bits per heavy atom. The topological polar surface area (TPSA) is 66.1 Å². The van der Waals surface area contributed by atoms with E-state index in [1.165, 1.54) is 24.8 Å². The molecule has 3 rings (SSSR count). The molecule has 0 atom stereocenters. The number of hydrogen-bond donors (Lipinski definition) is 2. The first-order valence-corrected chi connectivity index (χ1v) is 11.9. The number of fused-ring (bicyclic) bond motifs is 1. The highest BCUT2D eigenvalue weighted by Gasteiger charge is 2.19. The van der Waals surface area contributed by atoms with Gasteiger partial charge in [-0.25, -0.2) is 0 Å². The number of carbonyl (C=O) groups excluding carboxylic acids is 1. The van der Waals surface area contributed by atoms with Crippen molar-refractivity contribution in [2.24, 2.45) is 0 Å². The zero-order valence-electron chi connectivity index (χ0n) is 19.2. The quantitative estimate of drug-likeness (QED) is 0.646. The summed E-state index contributed by atoms with van der Waals surface area (Å²) in [6, 6.07) is 6.41. The van der Waals surface area contributed by atoms with Crippen LogP contribution in [-0.2, 0) is 20.8 Å². The molecule has 2 aliphatic heterocycles. The molecule has 1 amide bonds. The largest absolute Gasteiger partial charge is 0.385 e. The smallest absolute Gasteiger partial charge is 0.252 e. The lowest BCUT2D eigenvalue weighted by Gasteiger charge is -2.27. The number of nitrogens with one attached hydrogen (secondary N) is 2. The van der Waals surface area contributed by atoms with E-state index in [2.05, 4.69) is 33.7 Å². The van der Waals surface area contributed by atoms with Gasteiger partial charge in [-0.05, 0) is 56.1 Å². The van der Waals surface area contributed by atoms with Crippen LogP contribution in [0.1, 0.15) is 44.1 Å². The summed E-state index contributed by atoms with van der Waals surface area (Å²) in [7, 11) is 1.58. The van der Waals surface area contributed by atoms with Crippen molar-refractivity contribution in [3.63, 3.8) is 0 Å². The maximum Gasteiger partial charge on any atom is 0.252 e. The van der Waals surface area contributed by atoms with E-state index >= 15 is 0 Å². The van der Waals surface area contributed by atoms with Crippen molar-refractivity contribution in [2.45, 2.75) is 45.1 Å². The highest BCUT2D eigenvalue weighted by molar-refractivity contribution is 5.95. The summed E-state index contributed by atoms with van der Waals surface area (Å²) in [5, 5.41) is 7.15. The normalized spacial score (nSPS) is 19.2. The van der Waals surface area contributed by atoms with E-state index in [4.69, 9.17) is 9.47 Å². The summed E-state index contributed by atoms with van der Waals surface area (Å²) in [5.74, 6) is 0.0343. The molecule has 0 aromatic heterocycles. The molecule has 1 fully saturated rings. The summed E-state index contributed by atoms with van der Waals surface area (Å²) in [5.41, 5.74) is 3.30. The average molecular weight is 433 g/mol. The summed E-state index contributed by atoms with van der Waals surface area (Å²) < 4.78 is 10.6. The van der Waals surface area contributed by atoms with Gasteiger partial charge in [-0.15, -0.1) is 0 Å². The molecule has 174 valence electrons. The molecule has 2 heterocycles. The number of morpholine rings is 1. The van der Waals surface area contributed by atoms with Gasteiger partial charge in [0.15, 0.2) is 0 Å². The second kappa shape index (κ2) is 13.7. The average Bonchev–Trinajstić information content (AvgIpc) is 2.78. The zero-order valence-corrected chi connectivity index (χ0v) is 19.2. The van der Waals surface area contributed by atoms with Crippen LogP contribution in [-0.4, -0.2) is 77.0 Å². The van der Waals surface area contributed by atoms with Crippen LogP contribution in [0.25, 0.3) is 0 Å². The van der Waals surface area contributed by atoms with Gasteiger partial charge >= 0.3 is 0 Å².